The van der Waals surface area contributed by atoms with E-state index in [0.717, 1.165) is 55.6 Å². The van der Waals surface area contributed by atoms with E-state index in [0.29, 0.717) is 18.4 Å². The summed E-state index contributed by atoms with van der Waals surface area (Å²) < 4.78 is 10.6. The van der Waals surface area contributed by atoms with Gasteiger partial charge in [-0.1, -0.05) is 37.6 Å². The first-order valence-corrected chi connectivity index (χ1v) is 13.5. The van der Waals surface area contributed by atoms with Gasteiger partial charge < -0.3 is 14.8 Å². The van der Waals surface area contributed by atoms with Crippen molar-refractivity contribution in [3.05, 3.63) is 41.5 Å². The number of carbonyl (C=O) groups excluding carboxylic acids is 2. The van der Waals surface area contributed by atoms with E-state index in [4.69, 9.17) is 9.47 Å². The average Bonchev–Trinajstić information content (AvgIpc) is 3.12. The van der Waals surface area contributed by atoms with Gasteiger partial charge in [0.1, 0.15) is 11.3 Å². The molecule has 196 valence electrons. The number of methoxy groups -OCH3 is 2. The summed E-state index contributed by atoms with van der Waals surface area (Å²) in [7, 11) is 3.23. The monoisotopic (exact) mass is 495 g/mol. The van der Waals surface area contributed by atoms with Crippen molar-refractivity contribution in [2.75, 3.05) is 47.0 Å². The molecule has 2 saturated heterocycles. The lowest BCUT2D eigenvalue weighted by molar-refractivity contribution is -0.134. The molecule has 2 bridgehead atoms. The zero-order valence-electron chi connectivity index (χ0n) is 22.2. The summed E-state index contributed by atoms with van der Waals surface area (Å²) in [5, 5.41) is 3.16. The highest BCUT2D eigenvalue weighted by Crippen LogP contribution is 2.59. The first kappa shape index (κ1) is 25.3. The molecule has 1 aromatic carbocycles. The minimum absolute atomic E-state index is 0.0776. The zero-order chi connectivity index (χ0) is 25.5. The van der Waals surface area contributed by atoms with Crippen LogP contribution in [-0.2, 0) is 16.0 Å². The highest BCUT2D eigenvalue weighted by atomic mass is 16.5. The van der Waals surface area contributed by atoms with Crippen LogP contribution < -0.4 is 10.1 Å². The molecule has 3 amide bonds. The Bertz CT molecular complexity index is 1030. The van der Waals surface area contributed by atoms with E-state index in [9.17, 15) is 9.59 Å². The number of benzene rings is 1. The highest BCUT2D eigenvalue weighted by molar-refractivity contribution is 6.07. The Labute approximate surface area is 215 Å². The summed E-state index contributed by atoms with van der Waals surface area (Å²) in [6.45, 7) is 8.39. The van der Waals surface area contributed by atoms with Crippen molar-refractivity contribution in [2.45, 2.75) is 51.5 Å². The van der Waals surface area contributed by atoms with E-state index in [1.165, 1.54) is 17.7 Å². The maximum atomic E-state index is 13.9. The maximum absolute atomic E-state index is 13.9. The van der Waals surface area contributed by atoms with E-state index in [1.807, 2.05) is 24.3 Å². The van der Waals surface area contributed by atoms with E-state index in [2.05, 4.69) is 30.1 Å². The van der Waals surface area contributed by atoms with Crippen LogP contribution in [0.1, 0.15) is 45.1 Å². The molecule has 5 aliphatic rings. The third-order valence-corrected chi connectivity index (χ3v) is 9.61. The number of piperidine rings is 1. The molecule has 1 saturated carbocycles. The van der Waals surface area contributed by atoms with Crippen molar-refractivity contribution in [2.24, 2.45) is 23.2 Å². The van der Waals surface area contributed by atoms with Crippen LogP contribution in [0.5, 0.6) is 5.75 Å². The highest BCUT2D eigenvalue weighted by Gasteiger charge is 2.56. The van der Waals surface area contributed by atoms with Crippen molar-refractivity contribution in [1.29, 1.82) is 0 Å². The standard InChI is InChI=1S/C29H41N3O4/c1-28(2)23-9-8-21(25(28)17-23)19-31-12-10-22(11-13-31)29(18-20-6-5-7-24(16-20)36-4)26(33)32(14-15-35-3)27(34)30-29/h5-8,16,22-23,25H,9-15,17-19H2,1-4H3,(H,30,34)/t23-,25-,29+/m0/s1. The second-order valence-electron chi connectivity index (χ2n) is 11.8. The van der Waals surface area contributed by atoms with Crippen LogP contribution in [0.4, 0.5) is 4.79 Å². The van der Waals surface area contributed by atoms with Crippen LogP contribution in [0.2, 0.25) is 0 Å². The molecule has 6 rings (SSSR count). The number of likely N-dealkylation sites (tertiary alicyclic amines) is 1. The van der Waals surface area contributed by atoms with Gasteiger partial charge in [0, 0.05) is 20.1 Å². The van der Waals surface area contributed by atoms with Gasteiger partial charge in [-0.15, -0.1) is 0 Å². The molecule has 3 fully saturated rings. The average molecular weight is 496 g/mol. The second kappa shape index (κ2) is 9.82. The second-order valence-corrected chi connectivity index (χ2v) is 11.8. The Morgan fingerprint density at radius 2 is 1.89 bits per heavy atom. The predicted octanol–water partition coefficient (Wildman–Crippen LogP) is 3.88. The fraction of sp³-hybridized carbons (Fsp3) is 0.655. The Morgan fingerprint density at radius 3 is 2.56 bits per heavy atom. The minimum Gasteiger partial charge on any atom is -0.497 e. The van der Waals surface area contributed by atoms with E-state index >= 15 is 0 Å². The van der Waals surface area contributed by atoms with Crippen molar-refractivity contribution in [3.63, 3.8) is 0 Å². The van der Waals surface area contributed by atoms with Gasteiger partial charge in [0.2, 0.25) is 0 Å². The summed E-state index contributed by atoms with van der Waals surface area (Å²) >= 11 is 0. The fourth-order valence-corrected chi connectivity index (χ4v) is 7.17. The Morgan fingerprint density at radius 1 is 1.11 bits per heavy atom. The lowest BCUT2D eigenvalue weighted by Crippen LogP contribution is -2.58. The van der Waals surface area contributed by atoms with Crippen molar-refractivity contribution in [1.82, 2.24) is 15.1 Å². The lowest BCUT2D eigenvalue weighted by atomic mass is 9.49. The number of carbonyl (C=O) groups is 2. The third-order valence-electron chi connectivity index (χ3n) is 9.61. The molecule has 1 N–H and O–H groups in total. The van der Waals surface area contributed by atoms with Crippen LogP contribution in [0.15, 0.2) is 35.9 Å². The molecule has 0 spiro atoms. The van der Waals surface area contributed by atoms with Gasteiger partial charge >= 0.3 is 6.03 Å². The summed E-state index contributed by atoms with van der Waals surface area (Å²) in [6.07, 6.45) is 7.30. The number of hydrogen-bond acceptors (Lipinski definition) is 5. The number of nitrogens with one attached hydrogen (secondary N) is 1. The smallest absolute Gasteiger partial charge is 0.325 e. The van der Waals surface area contributed by atoms with Crippen molar-refractivity contribution in [3.8, 4) is 5.75 Å². The Balaban J connectivity index is 1.32. The van der Waals surface area contributed by atoms with E-state index in [1.54, 1.807) is 19.8 Å². The minimum atomic E-state index is -0.934. The maximum Gasteiger partial charge on any atom is 0.325 e. The number of imide groups is 1. The fourth-order valence-electron chi connectivity index (χ4n) is 7.17. The number of urea groups is 1. The first-order valence-electron chi connectivity index (χ1n) is 13.5. The van der Waals surface area contributed by atoms with Crippen molar-refractivity contribution < 1.29 is 19.1 Å². The van der Waals surface area contributed by atoms with Crippen LogP contribution in [0, 0.1) is 23.2 Å². The molecule has 7 heteroatoms. The Hall–Kier alpha value is -2.38. The van der Waals surface area contributed by atoms with Gasteiger partial charge in [0.15, 0.2) is 0 Å². The van der Waals surface area contributed by atoms with Crippen LogP contribution in [0.3, 0.4) is 0 Å². The molecular formula is C29H41N3O4. The Kier molecular flexibility index (Phi) is 6.90. The number of rotatable bonds is 9. The van der Waals surface area contributed by atoms with Gasteiger partial charge in [-0.05, 0) is 79.6 Å². The first-order chi connectivity index (χ1) is 17.3. The zero-order valence-corrected chi connectivity index (χ0v) is 22.2. The quantitative estimate of drug-likeness (QED) is 0.416. The van der Waals surface area contributed by atoms with Gasteiger partial charge in [-0.3, -0.25) is 14.6 Å². The van der Waals surface area contributed by atoms with Crippen molar-refractivity contribution >= 4 is 11.9 Å². The number of nitrogens with zero attached hydrogens (tertiary/aromatic N) is 2. The number of ether oxygens (including phenoxy) is 2. The summed E-state index contributed by atoms with van der Waals surface area (Å²) in [6, 6.07) is 7.52. The van der Waals surface area contributed by atoms with Crippen LogP contribution in [0.25, 0.3) is 0 Å². The SMILES string of the molecule is COCCN1C(=O)N[C@](Cc2cccc(OC)c2)(C2CCN(CC3=CC[C@H]4C[C@@H]3C4(C)C)CC2)C1=O. The molecule has 36 heavy (non-hydrogen) atoms. The molecule has 3 atom stereocenters. The van der Waals surface area contributed by atoms with E-state index < -0.39 is 5.54 Å². The predicted molar refractivity (Wildman–Crippen MR) is 139 cm³/mol. The van der Waals surface area contributed by atoms with E-state index in [-0.39, 0.29) is 24.4 Å². The molecule has 0 radical (unpaired) electrons. The molecule has 1 aromatic rings. The molecule has 2 heterocycles. The van der Waals surface area contributed by atoms with Gasteiger partial charge in [-0.25, -0.2) is 4.79 Å². The number of fused-ring (bicyclic) bond motifs is 1. The molecular weight excluding hydrogens is 454 g/mol. The molecule has 2 aliphatic heterocycles. The van der Waals surface area contributed by atoms with Crippen LogP contribution >= 0.6 is 0 Å². The summed E-state index contributed by atoms with van der Waals surface area (Å²) in [5.41, 5.74) is 2.11. The molecule has 7 nitrogen and oxygen atoms in total. The van der Waals surface area contributed by atoms with Gasteiger partial charge in [-0.2, -0.15) is 0 Å². The molecule has 0 aromatic heterocycles. The largest absolute Gasteiger partial charge is 0.497 e. The lowest BCUT2D eigenvalue weighted by Gasteiger charge is -2.57. The number of allylic oxidation sites excluding steroid dienone is 1. The third kappa shape index (κ3) is 4.34. The number of amides is 3. The van der Waals surface area contributed by atoms with Crippen LogP contribution in [-0.4, -0.2) is 74.3 Å². The van der Waals surface area contributed by atoms with Gasteiger partial charge in [0.05, 0.1) is 20.3 Å². The molecule has 0 unspecified atom stereocenters. The topological polar surface area (TPSA) is 71.1 Å². The molecule has 3 aliphatic carbocycles. The number of hydrogen-bond donors (Lipinski definition) is 1. The van der Waals surface area contributed by atoms with Gasteiger partial charge in [0.25, 0.3) is 5.91 Å². The summed E-state index contributed by atoms with van der Waals surface area (Å²) in [5.74, 6) is 2.29. The normalized spacial score (nSPS) is 30.1. The summed E-state index contributed by atoms with van der Waals surface area (Å²) in [4.78, 5) is 30.7.